The fourth-order valence-electron chi connectivity index (χ4n) is 2.25. The summed E-state index contributed by atoms with van der Waals surface area (Å²) in [5, 5.41) is 6.24. The van der Waals surface area contributed by atoms with Crippen molar-refractivity contribution >= 4 is 5.91 Å². The zero-order valence-corrected chi connectivity index (χ0v) is 10.4. The molecule has 2 aliphatic heterocycles. The number of carbonyl (C=O) groups is 1. The minimum absolute atomic E-state index is 0.217. The Morgan fingerprint density at radius 1 is 1.44 bits per heavy atom. The molecule has 2 rings (SSSR count). The van der Waals surface area contributed by atoms with Gasteiger partial charge in [0.05, 0.1) is 5.92 Å². The second kappa shape index (κ2) is 4.72. The van der Waals surface area contributed by atoms with Crippen molar-refractivity contribution in [1.29, 1.82) is 0 Å². The highest BCUT2D eigenvalue weighted by molar-refractivity contribution is 5.80. The number of likely N-dealkylation sites (tertiary alicyclic amines) is 1. The predicted molar refractivity (Wildman–Crippen MR) is 64.2 cm³/mol. The highest BCUT2D eigenvalue weighted by atomic mass is 16.2. The normalized spacial score (nSPS) is 26.1. The van der Waals surface area contributed by atoms with Gasteiger partial charge in [0.15, 0.2) is 0 Å². The van der Waals surface area contributed by atoms with Crippen LogP contribution in [0, 0.1) is 11.3 Å². The van der Waals surface area contributed by atoms with E-state index in [4.69, 9.17) is 0 Å². The molecule has 2 aliphatic rings. The van der Waals surface area contributed by atoms with Gasteiger partial charge in [0, 0.05) is 19.6 Å². The lowest BCUT2D eigenvalue weighted by atomic mass is 9.80. The van der Waals surface area contributed by atoms with E-state index >= 15 is 0 Å². The van der Waals surface area contributed by atoms with Gasteiger partial charge in [0.2, 0.25) is 5.91 Å². The third-order valence-corrected chi connectivity index (χ3v) is 4.04. The van der Waals surface area contributed by atoms with Crippen molar-refractivity contribution in [2.75, 3.05) is 39.8 Å². The fraction of sp³-hybridized carbons (Fsp3) is 0.917. The molecule has 2 fully saturated rings. The molecule has 0 radical (unpaired) electrons. The van der Waals surface area contributed by atoms with E-state index in [-0.39, 0.29) is 11.8 Å². The standard InChI is InChI=1S/C12H23N3O/c1-12(3-5-15(2)6-4-12)9-14-11(16)10-7-13-8-10/h10,13H,3-9H2,1-2H3,(H,14,16). The Bertz CT molecular complexity index is 255. The number of carbonyl (C=O) groups excluding carboxylic acids is 1. The van der Waals surface area contributed by atoms with Gasteiger partial charge in [0.1, 0.15) is 0 Å². The van der Waals surface area contributed by atoms with Crippen LogP contribution in [0.2, 0.25) is 0 Å². The first-order valence-corrected chi connectivity index (χ1v) is 6.26. The maximum absolute atomic E-state index is 11.7. The van der Waals surface area contributed by atoms with Crippen LogP contribution in [0.3, 0.4) is 0 Å². The summed E-state index contributed by atoms with van der Waals surface area (Å²) in [5.41, 5.74) is 0.305. The Morgan fingerprint density at radius 3 is 2.56 bits per heavy atom. The second-order valence-corrected chi connectivity index (χ2v) is 5.69. The number of nitrogens with one attached hydrogen (secondary N) is 2. The lowest BCUT2D eigenvalue weighted by molar-refractivity contribution is -0.127. The number of hydrogen-bond donors (Lipinski definition) is 2. The Morgan fingerprint density at radius 2 is 2.06 bits per heavy atom. The van der Waals surface area contributed by atoms with Crippen molar-refractivity contribution in [3.8, 4) is 0 Å². The van der Waals surface area contributed by atoms with E-state index in [9.17, 15) is 4.79 Å². The van der Waals surface area contributed by atoms with Gasteiger partial charge < -0.3 is 15.5 Å². The van der Waals surface area contributed by atoms with Gasteiger partial charge in [-0.15, -0.1) is 0 Å². The van der Waals surface area contributed by atoms with Crippen LogP contribution in [-0.2, 0) is 4.79 Å². The molecule has 92 valence electrons. The van der Waals surface area contributed by atoms with Crippen LogP contribution in [0.4, 0.5) is 0 Å². The lowest BCUT2D eigenvalue weighted by Crippen LogP contribution is -2.53. The molecule has 0 atom stereocenters. The molecule has 0 unspecified atom stereocenters. The van der Waals surface area contributed by atoms with E-state index in [1.54, 1.807) is 0 Å². The quantitative estimate of drug-likeness (QED) is 0.713. The van der Waals surface area contributed by atoms with E-state index in [1.807, 2.05) is 0 Å². The van der Waals surface area contributed by atoms with E-state index < -0.39 is 0 Å². The monoisotopic (exact) mass is 225 g/mol. The molecule has 0 spiro atoms. The zero-order valence-electron chi connectivity index (χ0n) is 10.4. The van der Waals surface area contributed by atoms with Gasteiger partial charge in [-0.05, 0) is 38.4 Å². The SMILES string of the molecule is CN1CCC(C)(CNC(=O)C2CNC2)CC1. The van der Waals surface area contributed by atoms with E-state index in [0.717, 1.165) is 32.7 Å². The van der Waals surface area contributed by atoms with Crippen LogP contribution >= 0.6 is 0 Å². The molecule has 16 heavy (non-hydrogen) atoms. The Kier molecular flexibility index (Phi) is 3.50. The molecule has 2 saturated heterocycles. The van der Waals surface area contributed by atoms with Crippen molar-refractivity contribution in [3.05, 3.63) is 0 Å². The Hall–Kier alpha value is -0.610. The molecule has 0 aromatic rings. The van der Waals surface area contributed by atoms with E-state index in [1.165, 1.54) is 12.8 Å². The van der Waals surface area contributed by atoms with Gasteiger partial charge >= 0.3 is 0 Å². The van der Waals surface area contributed by atoms with Crippen molar-refractivity contribution in [2.45, 2.75) is 19.8 Å². The molecular formula is C12H23N3O. The van der Waals surface area contributed by atoms with E-state index in [2.05, 4.69) is 29.5 Å². The summed E-state index contributed by atoms with van der Waals surface area (Å²) in [4.78, 5) is 14.1. The average Bonchev–Trinajstić information content (AvgIpc) is 2.18. The first-order chi connectivity index (χ1) is 7.59. The molecule has 0 aromatic carbocycles. The Labute approximate surface area is 97.8 Å². The third-order valence-electron chi connectivity index (χ3n) is 4.04. The molecule has 0 aliphatic carbocycles. The zero-order chi connectivity index (χ0) is 11.6. The summed E-state index contributed by atoms with van der Waals surface area (Å²) < 4.78 is 0. The summed E-state index contributed by atoms with van der Waals surface area (Å²) in [6.45, 7) is 7.14. The first-order valence-electron chi connectivity index (χ1n) is 6.26. The molecule has 0 saturated carbocycles. The highest BCUT2D eigenvalue weighted by Gasteiger charge is 2.31. The van der Waals surface area contributed by atoms with Crippen LogP contribution in [0.1, 0.15) is 19.8 Å². The van der Waals surface area contributed by atoms with Gasteiger partial charge in [-0.1, -0.05) is 6.92 Å². The maximum atomic E-state index is 11.7. The van der Waals surface area contributed by atoms with Crippen LogP contribution in [0.5, 0.6) is 0 Å². The summed E-state index contributed by atoms with van der Waals surface area (Å²) in [7, 11) is 2.16. The number of piperidine rings is 1. The summed E-state index contributed by atoms with van der Waals surface area (Å²) >= 11 is 0. The summed E-state index contributed by atoms with van der Waals surface area (Å²) in [6.07, 6.45) is 2.37. The van der Waals surface area contributed by atoms with Crippen LogP contribution in [0.15, 0.2) is 0 Å². The van der Waals surface area contributed by atoms with Crippen LogP contribution in [0.25, 0.3) is 0 Å². The van der Waals surface area contributed by atoms with Crippen LogP contribution in [-0.4, -0.2) is 50.6 Å². The predicted octanol–water partition coefficient (Wildman–Crippen LogP) is 0.0539. The number of rotatable bonds is 3. The molecule has 1 amide bonds. The smallest absolute Gasteiger partial charge is 0.225 e. The third kappa shape index (κ3) is 2.74. The summed E-state index contributed by atoms with van der Waals surface area (Å²) in [5.74, 6) is 0.453. The number of amides is 1. The second-order valence-electron chi connectivity index (χ2n) is 5.69. The molecule has 0 aromatic heterocycles. The fourth-order valence-corrected chi connectivity index (χ4v) is 2.25. The number of hydrogen-bond acceptors (Lipinski definition) is 3. The number of nitrogens with zero attached hydrogens (tertiary/aromatic N) is 1. The van der Waals surface area contributed by atoms with Gasteiger partial charge in [-0.2, -0.15) is 0 Å². The molecule has 2 N–H and O–H groups in total. The van der Waals surface area contributed by atoms with Gasteiger partial charge in [-0.3, -0.25) is 4.79 Å². The largest absolute Gasteiger partial charge is 0.355 e. The topological polar surface area (TPSA) is 44.4 Å². The van der Waals surface area contributed by atoms with Gasteiger partial charge in [-0.25, -0.2) is 0 Å². The average molecular weight is 225 g/mol. The summed E-state index contributed by atoms with van der Waals surface area (Å²) in [6, 6.07) is 0. The minimum Gasteiger partial charge on any atom is -0.355 e. The first kappa shape index (κ1) is 11.9. The molecule has 2 heterocycles. The maximum Gasteiger partial charge on any atom is 0.225 e. The van der Waals surface area contributed by atoms with Crippen molar-refractivity contribution in [2.24, 2.45) is 11.3 Å². The highest BCUT2D eigenvalue weighted by Crippen LogP contribution is 2.29. The van der Waals surface area contributed by atoms with Crippen molar-refractivity contribution < 1.29 is 4.79 Å². The van der Waals surface area contributed by atoms with Gasteiger partial charge in [0.25, 0.3) is 0 Å². The molecule has 4 nitrogen and oxygen atoms in total. The molecule has 4 heteroatoms. The van der Waals surface area contributed by atoms with E-state index in [0.29, 0.717) is 5.41 Å². The lowest BCUT2D eigenvalue weighted by Gasteiger charge is -2.38. The van der Waals surface area contributed by atoms with Crippen LogP contribution < -0.4 is 10.6 Å². The Balaban J connectivity index is 1.73. The molecule has 0 bridgehead atoms. The molecular weight excluding hydrogens is 202 g/mol. The minimum atomic E-state index is 0.217. The van der Waals surface area contributed by atoms with Crippen molar-refractivity contribution in [3.63, 3.8) is 0 Å². The van der Waals surface area contributed by atoms with Crippen molar-refractivity contribution in [1.82, 2.24) is 15.5 Å².